The SMILES string of the molecule is COc1ccc(COCc2cccc(NC(=O)N3CCN(C(=O)c4cc(C)oc4C)CC3)c2)cc1. The van der Waals surface area contributed by atoms with E-state index in [4.69, 9.17) is 13.9 Å². The average Bonchev–Trinajstić information content (AvgIpc) is 3.22. The van der Waals surface area contributed by atoms with Gasteiger partial charge >= 0.3 is 6.03 Å². The minimum Gasteiger partial charge on any atom is -0.497 e. The largest absolute Gasteiger partial charge is 0.497 e. The first-order valence-electron chi connectivity index (χ1n) is 11.6. The molecule has 0 aliphatic carbocycles. The number of ether oxygens (including phenoxy) is 2. The lowest BCUT2D eigenvalue weighted by Gasteiger charge is -2.34. The molecule has 1 fully saturated rings. The summed E-state index contributed by atoms with van der Waals surface area (Å²) < 4.78 is 16.5. The predicted octanol–water partition coefficient (Wildman–Crippen LogP) is 4.61. The molecule has 1 saturated heterocycles. The van der Waals surface area contributed by atoms with Gasteiger partial charge in [-0.15, -0.1) is 0 Å². The molecule has 1 aliphatic rings. The molecule has 4 rings (SSSR count). The molecule has 8 heteroatoms. The van der Waals surface area contributed by atoms with Crippen molar-refractivity contribution in [3.05, 3.63) is 82.8 Å². The molecule has 184 valence electrons. The third-order valence-electron chi connectivity index (χ3n) is 6.00. The number of aryl methyl sites for hydroxylation is 2. The standard InChI is InChI=1S/C27H31N3O5/c1-19-15-25(20(2)35-19)26(31)29-11-13-30(14-12-29)27(32)28-23-6-4-5-22(16-23)18-34-17-21-7-9-24(33-3)10-8-21/h4-10,15-16H,11-14,17-18H2,1-3H3,(H,28,32). The Morgan fingerprint density at radius 1 is 0.914 bits per heavy atom. The monoisotopic (exact) mass is 477 g/mol. The molecule has 1 aromatic heterocycles. The first kappa shape index (κ1) is 24.3. The summed E-state index contributed by atoms with van der Waals surface area (Å²) in [5.74, 6) is 2.10. The zero-order chi connectivity index (χ0) is 24.8. The Morgan fingerprint density at radius 2 is 1.60 bits per heavy atom. The van der Waals surface area contributed by atoms with Crippen LogP contribution in [0.1, 0.15) is 33.0 Å². The molecule has 0 atom stereocenters. The molecule has 1 N–H and O–H groups in total. The van der Waals surface area contributed by atoms with E-state index in [1.54, 1.807) is 29.9 Å². The predicted molar refractivity (Wildman–Crippen MR) is 133 cm³/mol. The van der Waals surface area contributed by atoms with Crippen LogP contribution >= 0.6 is 0 Å². The lowest BCUT2D eigenvalue weighted by molar-refractivity contribution is 0.0670. The summed E-state index contributed by atoms with van der Waals surface area (Å²) in [5, 5.41) is 2.96. The van der Waals surface area contributed by atoms with Crippen LogP contribution in [0.3, 0.4) is 0 Å². The zero-order valence-corrected chi connectivity index (χ0v) is 20.4. The van der Waals surface area contributed by atoms with E-state index < -0.39 is 0 Å². The van der Waals surface area contributed by atoms with Crippen LogP contribution in [0.5, 0.6) is 5.75 Å². The van der Waals surface area contributed by atoms with Gasteiger partial charge in [0.2, 0.25) is 0 Å². The molecule has 8 nitrogen and oxygen atoms in total. The number of piperazine rings is 1. The van der Waals surface area contributed by atoms with Crippen LogP contribution < -0.4 is 10.1 Å². The molecule has 35 heavy (non-hydrogen) atoms. The second-order valence-electron chi connectivity index (χ2n) is 8.58. The molecule has 0 saturated carbocycles. The molecule has 0 unspecified atom stereocenters. The Kier molecular flexibility index (Phi) is 7.72. The summed E-state index contributed by atoms with van der Waals surface area (Å²) >= 11 is 0. The topological polar surface area (TPSA) is 84.3 Å². The fourth-order valence-electron chi connectivity index (χ4n) is 4.08. The van der Waals surface area contributed by atoms with E-state index in [1.807, 2.05) is 55.5 Å². The maximum absolute atomic E-state index is 12.8. The van der Waals surface area contributed by atoms with Crippen LogP contribution in [0.15, 0.2) is 59.0 Å². The number of hydrogen-bond donors (Lipinski definition) is 1. The van der Waals surface area contributed by atoms with E-state index in [-0.39, 0.29) is 11.9 Å². The summed E-state index contributed by atoms with van der Waals surface area (Å²) in [6.45, 7) is 6.45. The molecule has 2 aromatic carbocycles. The van der Waals surface area contributed by atoms with E-state index in [9.17, 15) is 9.59 Å². The highest BCUT2D eigenvalue weighted by Gasteiger charge is 2.26. The molecule has 1 aliphatic heterocycles. The van der Waals surface area contributed by atoms with Crippen molar-refractivity contribution >= 4 is 17.6 Å². The quantitative estimate of drug-likeness (QED) is 0.537. The maximum Gasteiger partial charge on any atom is 0.321 e. The van der Waals surface area contributed by atoms with E-state index in [1.165, 1.54) is 0 Å². The van der Waals surface area contributed by atoms with Crippen LogP contribution in [0.2, 0.25) is 0 Å². The van der Waals surface area contributed by atoms with Crippen molar-refractivity contribution in [2.45, 2.75) is 27.1 Å². The van der Waals surface area contributed by atoms with Gasteiger partial charge in [-0.1, -0.05) is 24.3 Å². The van der Waals surface area contributed by atoms with E-state index in [0.717, 1.165) is 22.6 Å². The number of carbonyl (C=O) groups is 2. The number of carbonyl (C=O) groups excluding carboxylic acids is 2. The number of rotatable bonds is 7. The Hall–Kier alpha value is -3.78. The summed E-state index contributed by atoms with van der Waals surface area (Å²) in [6, 6.07) is 17.0. The third-order valence-corrected chi connectivity index (χ3v) is 6.00. The van der Waals surface area contributed by atoms with Gasteiger partial charge < -0.3 is 29.0 Å². The highest BCUT2D eigenvalue weighted by atomic mass is 16.5. The van der Waals surface area contributed by atoms with Gasteiger partial charge in [0, 0.05) is 31.9 Å². The molecule has 0 spiro atoms. The number of urea groups is 1. The van der Waals surface area contributed by atoms with Crippen LogP contribution in [0.25, 0.3) is 0 Å². The van der Waals surface area contributed by atoms with Gasteiger partial charge in [-0.3, -0.25) is 4.79 Å². The maximum atomic E-state index is 12.8. The first-order valence-corrected chi connectivity index (χ1v) is 11.6. The molecule has 3 amide bonds. The Balaban J connectivity index is 1.25. The summed E-state index contributed by atoms with van der Waals surface area (Å²) in [4.78, 5) is 29.1. The normalized spacial score (nSPS) is 13.6. The van der Waals surface area contributed by atoms with Crippen LogP contribution in [-0.2, 0) is 18.0 Å². The number of hydrogen-bond acceptors (Lipinski definition) is 5. The van der Waals surface area contributed by atoms with Gasteiger partial charge in [-0.2, -0.15) is 0 Å². The highest BCUT2D eigenvalue weighted by molar-refractivity contribution is 5.95. The minimum absolute atomic E-state index is 0.0539. The Morgan fingerprint density at radius 3 is 2.26 bits per heavy atom. The van der Waals surface area contributed by atoms with Crippen molar-refractivity contribution in [2.75, 3.05) is 38.6 Å². The van der Waals surface area contributed by atoms with Crippen LogP contribution in [0, 0.1) is 13.8 Å². The number of amides is 3. The Labute approximate surface area is 205 Å². The minimum atomic E-state index is -0.177. The molecule has 0 bridgehead atoms. The lowest BCUT2D eigenvalue weighted by atomic mass is 10.2. The molecular formula is C27H31N3O5. The van der Waals surface area contributed by atoms with Gasteiger partial charge in [-0.25, -0.2) is 4.79 Å². The number of furan rings is 1. The number of anilines is 1. The van der Waals surface area contributed by atoms with Crippen molar-refractivity contribution in [3.63, 3.8) is 0 Å². The fraction of sp³-hybridized carbons (Fsp3) is 0.333. The Bertz CT molecular complexity index is 1160. The third kappa shape index (κ3) is 6.22. The number of nitrogens with zero attached hydrogens (tertiary/aromatic N) is 2. The van der Waals surface area contributed by atoms with E-state index in [0.29, 0.717) is 56.4 Å². The molecular weight excluding hydrogens is 446 g/mol. The van der Waals surface area contributed by atoms with Crippen molar-refractivity contribution in [2.24, 2.45) is 0 Å². The van der Waals surface area contributed by atoms with Crippen molar-refractivity contribution < 1.29 is 23.5 Å². The molecule has 2 heterocycles. The van der Waals surface area contributed by atoms with Gasteiger partial charge in [0.1, 0.15) is 17.3 Å². The van der Waals surface area contributed by atoms with Gasteiger partial charge in [0.15, 0.2) is 0 Å². The van der Waals surface area contributed by atoms with E-state index >= 15 is 0 Å². The summed E-state index contributed by atoms with van der Waals surface area (Å²) in [5.41, 5.74) is 3.33. The van der Waals surface area contributed by atoms with E-state index in [2.05, 4.69) is 5.32 Å². The lowest BCUT2D eigenvalue weighted by Crippen LogP contribution is -2.51. The average molecular weight is 478 g/mol. The number of methoxy groups -OCH3 is 1. The zero-order valence-electron chi connectivity index (χ0n) is 20.4. The molecule has 3 aromatic rings. The molecule has 0 radical (unpaired) electrons. The second kappa shape index (κ2) is 11.1. The number of nitrogens with one attached hydrogen (secondary N) is 1. The summed E-state index contributed by atoms with van der Waals surface area (Å²) in [7, 11) is 1.64. The first-order chi connectivity index (χ1) is 16.9. The van der Waals surface area contributed by atoms with Gasteiger partial charge in [-0.05, 0) is 55.3 Å². The van der Waals surface area contributed by atoms with Crippen LogP contribution in [0.4, 0.5) is 10.5 Å². The van der Waals surface area contributed by atoms with Gasteiger partial charge in [0.05, 0.1) is 25.9 Å². The number of benzene rings is 2. The van der Waals surface area contributed by atoms with Crippen molar-refractivity contribution in [1.82, 2.24) is 9.80 Å². The van der Waals surface area contributed by atoms with Crippen LogP contribution in [-0.4, -0.2) is 55.0 Å². The summed E-state index contributed by atoms with van der Waals surface area (Å²) in [6.07, 6.45) is 0. The smallest absolute Gasteiger partial charge is 0.321 e. The van der Waals surface area contributed by atoms with Crippen molar-refractivity contribution in [1.29, 1.82) is 0 Å². The fourth-order valence-corrected chi connectivity index (χ4v) is 4.08. The highest BCUT2D eigenvalue weighted by Crippen LogP contribution is 2.18. The van der Waals surface area contributed by atoms with Gasteiger partial charge in [0.25, 0.3) is 5.91 Å². The second-order valence-corrected chi connectivity index (χ2v) is 8.58. The van der Waals surface area contributed by atoms with Crippen molar-refractivity contribution in [3.8, 4) is 5.75 Å².